The van der Waals surface area contributed by atoms with Crippen molar-refractivity contribution in [2.75, 3.05) is 6.54 Å². The van der Waals surface area contributed by atoms with E-state index in [-0.39, 0.29) is 0 Å². The van der Waals surface area contributed by atoms with Crippen molar-refractivity contribution >= 4 is 5.96 Å². The van der Waals surface area contributed by atoms with E-state index >= 15 is 0 Å². The molecule has 25 heavy (non-hydrogen) atoms. The molecule has 0 aliphatic heterocycles. The molecule has 1 saturated carbocycles. The number of rotatable bonds is 6. The Morgan fingerprint density at radius 3 is 2.80 bits per heavy atom. The van der Waals surface area contributed by atoms with Crippen LogP contribution >= 0.6 is 0 Å². The van der Waals surface area contributed by atoms with Crippen molar-refractivity contribution in [3.63, 3.8) is 0 Å². The van der Waals surface area contributed by atoms with Gasteiger partial charge in [0.05, 0.1) is 0 Å². The number of hydrogen-bond acceptors (Lipinski definition) is 4. The Kier molecular flexibility index (Phi) is 5.98. The van der Waals surface area contributed by atoms with E-state index < -0.39 is 0 Å². The molecule has 0 spiro atoms. The van der Waals surface area contributed by atoms with E-state index in [1.807, 2.05) is 42.9 Å². The van der Waals surface area contributed by atoms with Crippen molar-refractivity contribution in [3.05, 3.63) is 41.7 Å². The Labute approximate surface area is 149 Å². The van der Waals surface area contributed by atoms with Crippen LogP contribution in [0.4, 0.5) is 0 Å². The maximum absolute atomic E-state index is 4.71. The fraction of sp³-hybridized carbons (Fsp3) is 0.556. The summed E-state index contributed by atoms with van der Waals surface area (Å²) in [5.41, 5.74) is 1.08. The van der Waals surface area contributed by atoms with Crippen molar-refractivity contribution in [1.29, 1.82) is 0 Å². The first-order valence-electron chi connectivity index (χ1n) is 9.02. The molecule has 0 amide bonds. The molecule has 134 valence electrons. The van der Waals surface area contributed by atoms with Gasteiger partial charge in [0, 0.05) is 37.9 Å². The maximum Gasteiger partial charge on any atom is 0.191 e. The average Bonchev–Trinajstić information content (AvgIpc) is 3.25. The van der Waals surface area contributed by atoms with Crippen molar-refractivity contribution in [2.24, 2.45) is 12.0 Å². The van der Waals surface area contributed by atoms with Crippen LogP contribution in [-0.4, -0.2) is 38.3 Å². The molecule has 0 bridgehead atoms. The lowest BCUT2D eigenvalue weighted by atomic mass is 10.2. The van der Waals surface area contributed by atoms with Crippen molar-refractivity contribution in [1.82, 2.24) is 30.4 Å². The molecule has 0 aromatic carbocycles. The zero-order valence-electron chi connectivity index (χ0n) is 15.1. The Balaban J connectivity index is 1.59. The third kappa shape index (κ3) is 5.01. The number of aryl methyl sites for hydroxylation is 1. The SMILES string of the molecule is Cc1nnc(CN=C(NCCc2ccccn2)NC2CCCC2)n1C. The number of hydrogen-bond donors (Lipinski definition) is 2. The summed E-state index contributed by atoms with van der Waals surface area (Å²) in [7, 11) is 1.97. The van der Waals surface area contributed by atoms with Crippen LogP contribution in [0.5, 0.6) is 0 Å². The zero-order chi connectivity index (χ0) is 17.5. The number of aromatic nitrogens is 4. The highest BCUT2D eigenvalue weighted by molar-refractivity contribution is 5.80. The largest absolute Gasteiger partial charge is 0.356 e. The normalized spacial score (nSPS) is 15.5. The van der Waals surface area contributed by atoms with Gasteiger partial charge in [-0.2, -0.15) is 0 Å². The lowest BCUT2D eigenvalue weighted by Gasteiger charge is -2.17. The van der Waals surface area contributed by atoms with Gasteiger partial charge in [0.1, 0.15) is 12.4 Å². The molecule has 0 saturated heterocycles. The van der Waals surface area contributed by atoms with E-state index in [2.05, 4.69) is 25.8 Å². The van der Waals surface area contributed by atoms with Gasteiger partial charge in [-0.1, -0.05) is 18.9 Å². The maximum atomic E-state index is 4.71. The van der Waals surface area contributed by atoms with E-state index in [1.165, 1.54) is 25.7 Å². The summed E-state index contributed by atoms with van der Waals surface area (Å²) in [5, 5.41) is 15.3. The molecule has 0 radical (unpaired) electrons. The molecule has 0 atom stereocenters. The minimum atomic E-state index is 0.516. The van der Waals surface area contributed by atoms with Gasteiger partial charge in [0.25, 0.3) is 0 Å². The molecule has 7 nitrogen and oxygen atoms in total. The predicted molar refractivity (Wildman–Crippen MR) is 98.2 cm³/mol. The average molecular weight is 341 g/mol. The Hall–Kier alpha value is -2.44. The van der Waals surface area contributed by atoms with Crippen LogP contribution in [0.2, 0.25) is 0 Å². The smallest absolute Gasteiger partial charge is 0.191 e. The minimum absolute atomic E-state index is 0.516. The van der Waals surface area contributed by atoms with Gasteiger partial charge in [-0.15, -0.1) is 10.2 Å². The van der Waals surface area contributed by atoms with E-state index in [0.717, 1.165) is 36.3 Å². The van der Waals surface area contributed by atoms with Crippen LogP contribution in [0.25, 0.3) is 0 Å². The molecular formula is C18H27N7. The Morgan fingerprint density at radius 2 is 2.12 bits per heavy atom. The van der Waals surface area contributed by atoms with Gasteiger partial charge in [-0.05, 0) is 31.9 Å². The summed E-state index contributed by atoms with van der Waals surface area (Å²) in [6.45, 7) is 3.26. The molecule has 1 fully saturated rings. The van der Waals surface area contributed by atoms with Crippen LogP contribution in [0, 0.1) is 6.92 Å². The second-order valence-electron chi connectivity index (χ2n) is 6.51. The molecule has 1 aliphatic rings. The fourth-order valence-corrected chi connectivity index (χ4v) is 3.01. The van der Waals surface area contributed by atoms with Crippen molar-refractivity contribution in [3.8, 4) is 0 Å². The highest BCUT2D eigenvalue weighted by atomic mass is 15.3. The quantitative estimate of drug-likeness (QED) is 0.618. The summed E-state index contributed by atoms with van der Waals surface area (Å²) < 4.78 is 1.98. The number of nitrogens with zero attached hydrogens (tertiary/aromatic N) is 5. The third-order valence-corrected chi connectivity index (χ3v) is 4.66. The van der Waals surface area contributed by atoms with Crippen LogP contribution in [0.15, 0.2) is 29.4 Å². The molecular weight excluding hydrogens is 314 g/mol. The van der Waals surface area contributed by atoms with Gasteiger partial charge in [-0.25, -0.2) is 4.99 Å². The predicted octanol–water partition coefficient (Wildman–Crippen LogP) is 1.74. The second-order valence-corrected chi connectivity index (χ2v) is 6.51. The van der Waals surface area contributed by atoms with Crippen LogP contribution in [-0.2, 0) is 20.0 Å². The summed E-state index contributed by atoms with van der Waals surface area (Å²) in [4.78, 5) is 9.08. The van der Waals surface area contributed by atoms with E-state index in [1.54, 1.807) is 0 Å². The second kappa shape index (κ2) is 8.60. The van der Waals surface area contributed by atoms with E-state index in [0.29, 0.717) is 12.6 Å². The van der Waals surface area contributed by atoms with Crippen LogP contribution in [0.1, 0.15) is 43.0 Å². The Morgan fingerprint density at radius 1 is 1.28 bits per heavy atom. The highest BCUT2D eigenvalue weighted by Crippen LogP contribution is 2.17. The summed E-state index contributed by atoms with van der Waals surface area (Å²) >= 11 is 0. The van der Waals surface area contributed by atoms with Gasteiger partial charge >= 0.3 is 0 Å². The van der Waals surface area contributed by atoms with Gasteiger partial charge < -0.3 is 15.2 Å². The van der Waals surface area contributed by atoms with E-state index in [9.17, 15) is 0 Å². The molecule has 3 rings (SSSR count). The van der Waals surface area contributed by atoms with Gasteiger partial charge in [0.15, 0.2) is 11.8 Å². The van der Waals surface area contributed by atoms with Crippen molar-refractivity contribution in [2.45, 2.75) is 51.6 Å². The topological polar surface area (TPSA) is 80.0 Å². The number of guanidine groups is 1. The molecule has 2 aromatic rings. The fourth-order valence-electron chi connectivity index (χ4n) is 3.01. The number of aliphatic imine (C=N–C) groups is 1. The molecule has 2 aromatic heterocycles. The molecule has 2 N–H and O–H groups in total. The van der Waals surface area contributed by atoms with Crippen LogP contribution < -0.4 is 10.6 Å². The lowest BCUT2D eigenvalue weighted by Crippen LogP contribution is -2.43. The third-order valence-electron chi connectivity index (χ3n) is 4.66. The molecule has 7 heteroatoms. The van der Waals surface area contributed by atoms with Gasteiger partial charge in [0.2, 0.25) is 0 Å². The minimum Gasteiger partial charge on any atom is -0.356 e. The monoisotopic (exact) mass is 341 g/mol. The highest BCUT2D eigenvalue weighted by Gasteiger charge is 2.16. The molecule has 2 heterocycles. The number of nitrogens with one attached hydrogen (secondary N) is 2. The molecule has 0 unspecified atom stereocenters. The Bertz CT molecular complexity index is 687. The van der Waals surface area contributed by atoms with Crippen molar-refractivity contribution < 1.29 is 0 Å². The first-order chi connectivity index (χ1) is 12.2. The lowest BCUT2D eigenvalue weighted by molar-refractivity contribution is 0.609. The standard InChI is InChI=1S/C18H27N7/c1-14-23-24-17(25(14)2)13-21-18(22-16-8-3-4-9-16)20-12-10-15-7-5-6-11-19-15/h5-7,11,16H,3-4,8-10,12-13H2,1-2H3,(H2,20,21,22). The van der Waals surface area contributed by atoms with Gasteiger partial charge in [-0.3, -0.25) is 4.98 Å². The van der Waals surface area contributed by atoms with E-state index in [4.69, 9.17) is 4.99 Å². The first kappa shape index (κ1) is 17.4. The van der Waals surface area contributed by atoms with Crippen LogP contribution in [0.3, 0.4) is 0 Å². The first-order valence-corrected chi connectivity index (χ1v) is 9.02. The zero-order valence-corrected chi connectivity index (χ0v) is 15.1. The summed E-state index contributed by atoms with van der Waals surface area (Å²) in [6, 6.07) is 6.52. The summed E-state index contributed by atoms with van der Waals surface area (Å²) in [5.74, 6) is 2.62. The molecule has 1 aliphatic carbocycles. The summed E-state index contributed by atoms with van der Waals surface area (Å²) in [6.07, 6.45) is 7.71. The number of pyridine rings is 1.